The van der Waals surface area contributed by atoms with E-state index in [2.05, 4.69) is 4.98 Å². The number of carbonyl (C=O) groups excluding carboxylic acids is 2. The molecule has 0 fully saturated rings. The molecular formula is C23H22N2O3. The summed E-state index contributed by atoms with van der Waals surface area (Å²) >= 11 is 0. The monoisotopic (exact) mass is 374 g/mol. The lowest BCUT2D eigenvalue weighted by Gasteiger charge is -2.26. The van der Waals surface area contributed by atoms with Crippen molar-refractivity contribution in [2.75, 3.05) is 6.54 Å². The molecule has 4 rings (SSSR count). The molecule has 1 aliphatic rings. The lowest BCUT2D eigenvalue weighted by molar-refractivity contribution is -0.129. The summed E-state index contributed by atoms with van der Waals surface area (Å²) in [4.78, 5) is 29.8. The van der Waals surface area contributed by atoms with E-state index in [1.54, 1.807) is 4.90 Å². The molecule has 1 amide bonds. The standard InChI is InChI=1S/C23H22N2O3/c1-14-7-9-16(10-8-14)21-20(15(2)26)22(27)23(28)25(21)12-11-17-13-24-19-6-4-3-5-18(17)19/h3-10,13,21,24,27H,11-12H2,1-2H3/t21-/m1/s1. The van der Waals surface area contributed by atoms with Gasteiger partial charge in [-0.3, -0.25) is 9.59 Å². The predicted octanol–water partition coefficient (Wildman–Crippen LogP) is 4.00. The van der Waals surface area contributed by atoms with E-state index in [1.165, 1.54) is 6.92 Å². The summed E-state index contributed by atoms with van der Waals surface area (Å²) in [6, 6.07) is 15.2. The molecule has 28 heavy (non-hydrogen) atoms. The number of hydrogen-bond donors (Lipinski definition) is 2. The SMILES string of the molecule is CC(=O)C1=C(O)C(=O)N(CCc2c[nH]c3ccccc23)[C@@H]1c1ccc(C)cc1. The molecule has 3 aromatic rings. The first kappa shape index (κ1) is 18.0. The molecular weight excluding hydrogens is 352 g/mol. The molecule has 5 heteroatoms. The second kappa shape index (κ2) is 7.00. The number of aliphatic hydroxyl groups excluding tert-OH is 1. The largest absolute Gasteiger partial charge is 0.503 e. The number of aromatic amines is 1. The van der Waals surface area contributed by atoms with Crippen molar-refractivity contribution in [2.45, 2.75) is 26.3 Å². The Balaban J connectivity index is 1.67. The molecule has 1 atom stereocenters. The van der Waals surface area contributed by atoms with Gasteiger partial charge in [-0.2, -0.15) is 0 Å². The number of amides is 1. The third-order valence-corrected chi connectivity index (χ3v) is 5.37. The van der Waals surface area contributed by atoms with Crippen LogP contribution in [0.25, 0.3) is 10.9 Å². The van der Waals surface area contributed by atoms with E-state index in [9.17, 15) is 14.7 Å². The summed E-state index contributed by atoms with van der Waals surface area (Å²) in [7, 11) is 0. The number of aromatic nitrogens is 1. The minimum absolute atomic E-state index is 0.174. The molecule has 0 aliphatic carbocycles. The summed E-state index contributed by atoms with van der Waals surface area (Å²) in [5.74, 6) is -1.21. The van der Waals surface area contributed by atoms with Crippen LogP contribution in [0.4, 0.5) is 0 Å². The van der Waals surface area contributed by atoms with Crippen molar-refractivity contribution >= 4 is 22.6 Å². The Hall–Kier alpha value is -3.34. The molecule has 5 nitrogen and oxygen atoms in total. The van der Waals surface area contributed by atoms with E-state index in [1.807, 2.05) is 61.7 Å². The maximum Gasteiger partial charge on any atom is 0.290 e. The van der Waals surface area contributed by atoms with Gasteiger partial charge >= 0.3 is 0 Å². The Morgan fingerprint density at radius 3 is 2.57 bits per heavy atom. The Morgan fingerprint density at radius 1 is 1.14 bits per heavy atom. The third-order valence-electron chi connectivity index (χ3n) is 5.37. The molecule has 0 unspecified atom stereocenters. The number of carbonyl (C=O) groups is 2. The van der Waals surface area contributed by atoms with Crippen LogP contribution in [0.2, 0.25) is 0 Å². The van der Waals surface area contributed by atoms with Crippen molar-refractivity contribution in [2.24, 2.45) is 0 Å². The number of benzene rings is 2. The van der Waals surface area contributed by atoms with Crippen molar-refractivity contribution in [1.82, 2.24) is 9.88 Å². The van der Waals surface area contributed by atoms with Crippen LogP contribution in [0.15, 0.2) is 66.1 Å². The van der Waals surface area contributed by atoms with Crippen LogP contribution < -0.4 is 0 Å². The fraction of sp³-hybridized carbons (Fsp3) is 0.217. The van der Waals surface area contributed by atoms with Gasteiger partial charge in [-0.15, -0.1) is 0 Å². The molecule has 2 N–H and O–H groups in total. The van der Waals surface area contributed by atoms with E-state index in [0.29, 0.717) is 13.0 Å². The average Bonchev–Trinajstić information content (AvgIpc) is 3.20. The first-order chi connectivity index (χ1) is 13.5. The number of ketones is 1. The number of nitrogens with one attached hydrogen (secondary N) is 1. The van der Waals surface area contributed by atoms with Crippen molar-refractivity contribution in [1.29, 1.82) is 0 Å². The third kappa shape index (κ3) is 2.99. The van der Waals surface area contributed by atoms with Gasteiger partial charge in [0.1, 0.15) is 0 Å². The quantitative estimate of drug-likeness (QED) is 0.709. The van der Waals surface area contributed by atoms with Gasteiger partial charge in [0.2, 0.25) is 0 Å². The highest BCUT2D eigenvalue weighted by Crippen LogP contribution is 2.38. The maximum absolute atomic E-state index is 12.8. The van der Waals surface area contributed by atoms with Gasteiger partial charge in [0.05, 0.1) is 11.6 Å². The van der Waals surface area contributed by atoms with Gasteiger partial charge in [-0.05, 0) is 37.5 Å². The Labute approximate surface area is 163 Å². The average molecular weight is 374 g/mol. The second-order valence-corrected chi connectivity index (χ2v) is 7.24. The molecule has 142 valence electrons. The van der Waals surface area contributed by atoms with Crippen LogP contribution in [0.3, 0.4) is 0 Å². The summed E-state index contributed by atoms with van der Waals surface area (Å²) in [5, 5.41) is 11.5. The summed E-state index contributed by atoms with van der Waals surface area (Å²) < 4.78 is 0. The van der Waals surface area contributed by atoms with Gasteiger partial charge in [0.25, 0.3) is 5.91 Å². The van der Waals surface area contributed by atoms with E-state index in [0.717, 1.165) is 27.6 Å². The normalized spacial score (nSPS) is 17.0. The number of para-hydroxylation sites is 1. The van der Waals surface area contributed by atoms with Crippen molar-refractivity contribution in [3.63, 3.8) is 0 Å². The van der Waals surface area contributed by atoms with Crippen LogP contribution in [-0.4, -0.2) is 33.2 Å². The highest BCUT2D eigenvalue weighted by molar-refractivity contribution is 6.08. The number of nitrogens with zero attached hydrogens (tertiary/aromatic N) is 1. The Kier molecular flexibility index (Phi) is 4.51. The molecule has 0 saturated heterocycles. The van der Waals surface area contributed by atoms with Crippen molar-refractivity contribution < 1.29 is 14.7 Å². The summed E-state index contributed by atoms with van der Waals surface area (Å²) in [6.45, 7) is 3.78. The van der Waals surface area contributed by atoms with Gasteiger partial charge in [-0.1, -0.05) is 48.0 Å². The van der Waals surface area contributed by atoms with Gasteiger partial charge in [-0.25, -0.2) is 0 Å². The van der Waals surface area contributed by atoms with Gasteiger partial charge < -0.3 is 15.0 Å². The van der Waals surface area contributed by atoms with Crippen molar-refractivity contribution in [3.8, 4) is 0 Å². The van der Waals surface area contributed by atoms with Crippen LogP contribution in [0.5, 0.6) is 0 Å². The zero-order chi connectivity index (χ0) is 19.8. The van der Waals surface area contributed by atoms with E-state index in [-0.39, 0.29) is 11.4 Å². The lowest BCUT2D eigenvalue weighted by Crippen LogP contribution is -2.32. The van der Waals surface area contributed by atoms with Gasteiger partial charge in [0, 0.05) is 23.6 Å². The zero-order valence-electron chi connectivity index (χ0n) is 15.9. The summed E-state index contributed by atoms with van der Waals surface area (Å²) in [5.41, 5.74) is 4.24. The number of H-pyrrole nitrogens is 1. The highest BCUT2D eigenvalue weighted by atomic mass is 16.3. The number of aliphatic hydroxyl groups is 1. The number of fused-ring (bicyclic) bond motifs is 1. The number of rotatable bonds is 5. The van der Waals surface area contributed by atoms with E-state index < -0.39 is 17.7 Å². The fourth-order valence-corrected chi connectivity index (χ4v) is 3.92. The highest BCUT2D eigenvalue weighted by Gasteiger charge is 2.42. The number of Topliss-reactive ketones (excluding diaryl/α,β-unsaturated/α-hetero) is 1. The molecule has 1 aliphatic heterocycles. The minimum Gasteiger partial charge on any atom is -0.503 e. The van der Waals surface area contributed by atoms with Crippen LogP contribution >= 0.6 is 0 Å². The number of aryl methyl sites for hydroxylation is 1. The molecule has 2 aromatic carbocycles. The van der Waals surface area contributed by atoms with Gasteiger partial charge in [0.15, 0.2) is 11.5 Å². The molecule has 0 bridgehead atoms. The first-order valence-electron chi connectivity index (χ1n) is 9.34. The Bertz CT molecular complexity index is 1090. The topological polar surface area (TPSA) is 73.4 Å². The van der Waals surface area contributed by atoms with Crippen LogP contribution in [0, 0.1) is 6.92 Å². The zero-order valence-corrected chi connectivity index (χ0v) is 15.9. The molecule has 0 saturated carbocycles. The van der Waals surface area contributed by atoms with Crippen molar-refractivity contribution in [3.05, 3.63) is 82.8 Å². The molecule has 0 spiro atoms. The van der Waals surface area contributed by atoms with Crippen LogP contribution in [0.1, 0.15) is 29.7 Å². The second-order valence-electron chi connectivity index (χ2n) is 7.24. The Morgan fingerprint density at radius 2 is 1.86 bits per heavy atom. The fourth-order valence-electron chi connectivity index (χ4n) is 3.92. The van der Waals surface area contributed by atoms with E-state index in [4.69, 9.17) is 0 Å². The maximum atomic E-state index is 12.8. The lowest BCUT2D eigenvalue weighted by atomic mass is 9.96. The smallest absolute Gasteiger partial charge is 0.290 e. The predicted molar refractivity (Wildman–Crippen MR) is 108 cm³/mol. The molecule has 2 heterocycles. The van der Waals surface area contributed by atoms with E-state index >= 15 is 0 Å². The summed E-state index contributed by atoms with van der Waals surface area (Å²) in [6.07, 6.45) is 2.57. The molecule has 1 aromatic heterocycles. The minimum atomic E-state index is -0.559. The first-order valence-corrected chi connectivity index (χ1v) is 9.34. The number of hydrogen-bond acceptors (Lipinski definition) is 3. The molecule has 0 radical (unpaired) electrons. The van der Waals surface area contributed by atoms with Crippen LogP contribution in [-0.2, 0) is 16.0 Å².